The smallest absolute Gasteiger partial charge is 0.350 e. The summed E-state index contributed by atoms with van der Waals surface area (Å²) in [5.74, 6) is 0. The normalized spacial score (nSPS) is 12.2. The SMILES string of the molecule is Cc1nc(S)nc2c1ncn2CCOCP(=O)(O)O. The molecule has 0 aromatic carbocycles. The lowest BCUT2D eigenvalue weighted by atomic mass is 10.4. The van der Waals surface area contributed by atoms with Gasteiger partial charge >= 0.3 is 7.60 Å². The molecule has 2 rings (SSSR count). The van der Waals surface area contributed by atoms with E-state index in [0.29, 0.717) is 22.9 Å². The molecule has 0 aliphatic heterocycles. The Bertz CT molecular complexity index is 640. The molecule has 0 amide bonds. The molecule has 104 valence electrons. The summed E-state index contributed by atoms with van der Waals surface area (Å²) in [6.07, 6.45) is 0.992. The summed E-state index contributed by atoms with van der Waals surface area (Å²) in [7, 11) is -4.12. The molecule has 19 heavy (non-hydrogen) atoms. The third-order valence-electron chi connectivity index (χ3n) is 2.36. The van der Waals surface area contributed by atoms with E-state index in [-0.39, 0.29) is 6.61 Å². The molecule has 2 aromatic rings. The van der Waals surface area contributed by atoms with Crippen molar-refractivity contribution >= 4 is 31.4 Å². The van der Waals surface area contributed by atoms with Gasteiger partial charge in [0, 0.05) is 6.54 Å². The Kier molecular flexibility index (Phi) is 4.22. The van der Waals surface area contributed by atoms with Gasteiger partial charge in [-0.1, -0.05) is 0 Å². The highest BCUT2D eigenvalue weighted by molar-refractivity contribution is 7.80. The Morgan fingerprint density at radius 2 is 2.21 bits per heavy atom. The van der Waals surface area contributed by atoms with Crippen LogP contribution in [0.15, 0.2) is 11.5 Å². The van der Waals surface area contributed by atoms with E-state index in [9.17, 15) is 4.57 Å². The molecule has 0 spiro atoms. The zero-order chi connectivity index (χ0) is 14.0. The Morgan fingerprint density at radius 1 is 1.47 bits per heavy atom. The topological polar surface area (TPSA) is 110 Å². The molecule has 0 fully saturated rings. The lowest BCUT2D eigenvalue weighted by Crippen LogP contribution is -2.07. The van der Waals surface area contributed by atoms with Crippen LogP contribution in [0.25, 0.3) is 11.2 Å². The van der Waals surface area contributed by atoms with Gasteiger partial charge < -0.3 is 19.1 Å². The first kappa shape index (κ1) is 14.4. The molecular weight excluding hydrogens is 291 g/mol. The first-order valence-electron chi connectivity index (χ1n) is 5.37. The van der Waals surface area contributed by atoms with Crippen LogP contribution in [0, 0.1) is 6.92 Å². The molecule has 0 aliphatic carbocycles. The summed E-state index contributed by atoms with van der Waals surface area (Å²) in [6, 6.07) is 0. The fourth-order valence-electron chi connectivity index (χ4n) is 1.58. The molecule has 10 heteroatoms. The van der Waals surface area contributed by atoms with Crippen molar-refractivity contribution in [1.29, 1.82) is 0 Å². The number of fused-ring (bicyclic) bond motifs is 1. The van der Waals surface area contributed by atoms with Crippen LogP contribution in [0.3, 0.4) is 0 Å². The molecule has 0 bridgehead atoms. The number of hydrogen-bond acceptors (Lipinski definition) is 6. The largest absolute Gasteiger partial charge is 0.367 e. The van der Waals surface area contributed by atoms with Crippen molar-refractivity contribution < 1.29 is 19.1 Å². The van der Waals surface area contributed by atoms with E-state index in [1.54, 1.807) is 10.9 Å². The minimum Gasteiger partial charge on any atom is -0.367 e. The second-order valence-corrected chi connectivity index (χ2v) is 5.91. The maximum absolute atomic E-state index is 10.6. The van der Waals surface area contributed by atoms with Crippen LogP contribution in [-0.4, -0.2) is 42.3 Å². The Balaban J connectivity index is 2.07. The predicted octanol–water partition coefficient (Wildman–Crippen LogP) is 0.575. The maximum Gasteiger partial charge on any atom is 0.350 e. The number of nitrogens with zero attached hydrogens (tertiary/aromatic N) is 4. The molecule has 0 aliphatic rings. The summed E-state index contributed by atoms with van der Waals surface area (Å²) in [4.78, 5) is 29.7. The van der Waals surface area contributed by atoms with Crippen molar-refractivity contribution in [3.8, 4) is 0 Å². The summed E-state index contributed by atoms with van der Waals surface area (Å²) in [6.45, 7) is 2.35. The van der Waals surface area contributed by atoms with Crippen LogP contribution in [0.1, 0.15) is 5.69 Å². The van der Waals surface area contributed by atoms with Crippen LogP contribution in [0.2, 0.25) is 0 Å². The van der Waals surface area contributed by atoms with Crippen molar-refractivity contribution in [2.24, 2.45) is 0 Å². The van der Waals surface area contributed by atoms with Crippen LogP contribution in [0.4, 0.5) is 0 Å². The Morgan fingerprint density at radius 3 is 2.89 bits per heavy atom. The number of aromatic nitrogens is 4. The molecule has 2 aromatic heterocycles. The zero-order valence-electron chi connectivity index (χ0n) is 10.1. The number of ether oxygens (including phenoxy) is 1. The summed E-state index contributed by atoms with van der Waals surface area (Å²) < 4.78 is 17.2. The van der Waals surface area contributed by atoms with Gasteiger partial charge in [0.1, 0.15) is 11.9 Å². The van der Waals surface area contributed by atoms with E-state index in [1.165, 1.54) is 0 Å². The molecule has 0 unspecified atom stereocenters. The van der Waals surface area contributed by atoms with Gasteiger partial charge in [-0.3, -0.25) is 4.57 Å². The molecule has 2 heterocycles. The van der Waals surface area contributed by atoms with E-state index in [4.69, 9.17) is 14.5 Å². The molecule has 0 atom stereocenters. The van der Waals surface area contributed by atoms with Gasteiger partial charge in [-0.2, -0.15) is 0 Å². The van der Waals surface area contributed by atoms with E-state index in [1.807, 2.05) is 6.92 Å². The lowest BCUT2D eigenvalue weighted by molar-refractivity contribution is 0.149. The third-order valence-corrected chi connectivity index (χ3v) is 3.08. The number of thiol groups is 1. The van der Waals surface area contributed by atoms with Crippen LogP contribution in [0.5, 0.6) is 0 Å². The number of hydrogen-bond donors (Lipinski definition) is 3. The van der Waals surface area contributed by atoms with Crippen molar-refractivity contribution in [2.75, 3.05) is 13.0 Å². The highest BCUT2D eigenvalue weighted by atomic mass is 32.1. The number of aryl methyl sites for hydroxylation is 1. The van der Waals surface area contributed by atoms with Crippen LogP contribution >= 0.6 is 20.2 Å². The van der Waals surface area contributed by atoms with Crippen molar-refractivity contribution in [3.63, 3.8) is 0 Å². The average molecular weight is 304 g/mol. The third kappa shape index (κ3) is 3.74. The number of imidazole rings is 1. The maximum atomic E-state index is 10.6. The predicted molar refractivity (Wildman–Crippen MR) is 70.2 cm³/mol. The van der Waals surface area contributed by atoms with Gasteiger partial charge in [0.05, 0.1) is 18.6 Å². The van der Waals surface area contributed by atoms with E-state index in [0.717, 1.165) is 5.69 Å². The first-order valence-corrected chi connectivity index (χ1v) is 7.62. The van der Waals surface area contributed by atoms with E-state index in [2.05, 4.69) is 27.6 Å². The highest BCUT2D eigenvalue weighted by Crippen LogP contribution is 2.33. The average Bonchev–Trinajstić information content (AvgIpc) is 2.66. The summed E-state index contributed by atoms with van der Waals surface area (Å²) >= 11 is 4.10. The minimum atomic E-state index is -4.12. The highest BCUT2D eigenvalue weighted by Gasteiger charge is 2.13. The Labute approximate surface area is 114 Å². The minimum absolute atomic E-state index is 0.154. The van der Waals surface area contributed by atoms with Gasteiger partial charge in [0.15, 0.2) is 10.8 Å². The second kappa shape index (κ2) is 5.56. The summed E-state index contributed by atoms with van der Waals surface area (Å²) in [5.41, 5.74) is 2.02. The van der Waals surface area contributed by atoms with Gasteiger partial charge in [-0.05, 0) is 6.92 Å². The number of rotatable bonds is 5. The second-order valence-electron chi connectivity index (χ2n) is 3.92. The van der Waals surface area contributed by atoms with Crippen LogP contribution < -0.4 is 0 Å². The van der Waals surface area contributed by atoms with Gasteiger partial charge in [0.25, 0.3) is 0 Å². The van der Waals surface area contributed by atoms with Crippen molar-refractivity contribution in [2.45, 2.75) is 18.6 Å². The molecule has 2 N–H and O–H groups in total. The monoisotopic (exact) mass is 304 g/mol. The van der Waals surface area contributed by atoms with E-state index < -0.39 is 13.9 Å². The fraction of sp³-hybridized carbons (Fsp3) is 0.444. The van der Waals surface area contributed by atoms with Gasteiger partial charge in [0.2, 0.25) is 0 Å². The van der Waals surface area contributed by atoms with Crippen molar-refractivity contribution in [3.05, 3.63) is 12.0 Å². The summed E-state index contributed by atoms with van der Waals surface area (Å²) in [5, 5.41) is 0.350. The standard InChI is InChI=1S/C9H13N4O4PS/c1-6-7-8(12-9(19)11-6)13(4-10-7)2-3-17-5-18(14,15)16/h4H,2-3,5H2,1H3,(H,11,12,19)(H2,14,15,16). The molecule has 8 nitrogen and oxygen atoms in total. The molecule has 0 radical (unpaired) electrons. The first-order chi connectivity index (χ1) is 8.87. The molecule has 0 saturated carbocycles. The fourth-order valence-corrected chi connectivity index (χ4v) is 2.19. The molecule has 0 saturated heterocycles. The van der Waals surface area contributed by atoms with Crippen LogP contribution in [-0.2, 0) is 15.8 Å². The van der Waals surface area contributed by atoms with E-state index >= 15 is 0 Å². The van der Waals surface area contributed by atoms with Gasteiger partial charge in [-0.15, -0.1) is 12.6 Å². The van der Waals surface area contributed by atoms with Crippen molar-refractivity contribution in [1.82, 2.24) is 19.5 Å². The zero-order valence-corrected chi connectivity index (χ0v) is 11.9. The lowest BCUT2D eigenvalue weighted by Gasteiger charge is -2.07. The Hall–Kier alpha value is -0.990. The quantitative estimate of drug-likeness (QED) is 0.320. The molecular formula is C9H13N4O4PS. The van der Waals surface area contributed by atoms with Gasteiger partial charge in [-0.25, -0.2) is 15.0 Å².